The molecule has 3 aromatic rings. The molecule has 2 heterocycles. The maximum absolute atomic E-state index is 10.7. The van der Waals surface area contributed by atoms with Crippen LogP contribution in [0.5, 0.6) is 0 Å². The summed E-state index contributed by atoms with van der Waals surface area (Å²) in [6.45, 7) is 2.34. The van der Waals surface area contributed by atoms with Gasteiger partial charge in [0.2, 0.25) is 5.95 Å². The minimum Gasteiger partial charge on any atom is -0.350 e. The van der Waals surface area contributed by atoms with Crippen LogP contribution in [0.15, 0.2) is 30.6 Å². The van der Waals surface area contributed by atoms with Crippen LogP contribution < -0.4 is 5.32 Å². The summed E-state index contributed by atoms with van der Waals surface area (Å²) in [6, 6.07) is 4.50. The summed E-state index contributed by atoms with van der Waals surface area (Å²) in [7, 11) is 0. The summed E-state index contributed by atoms with van der Waals surface area (Å²) in [6.07, 6.45) is 3.38. The molecule has 0 unspecified atom stereocenters. The number of benzene rings is 1. The Morgan fingerprint density at radius 2 is 2.19 bits per heavy atom. The fraction of sp³-hybridized carbons (Fsp3) is 0.154. The number of H-pyrrole nitrogens is 1. The predicted molar refractivity (Wildman–Crippen MR) is 76.8 cm³/mol. The van der Waals surface area contributed by atoms with E-state index in [-0.39, 0.29) is 5.69 Å². The second kappa shape index (κ2) is 5.16. The highest BCUT2D eigenvalue weighted by Gasteiger charge is 2.09. The molecule has 8 heteroatoms. The maximum Gasteiger partial charge on any atom is 0.271 e. The van der Waals surface area contributed by atoms with Crippen molar-refractivity contribution in [1.82, 2.24) is 19.9 Å². The lowest BCUT2D eigenvalue weighted by atomic mass is 10.3. The average Bonchev–Trinajstić information content (AvgIpc) is 2.88. The molecule has 8 nitrogen and oxygen atoms in total. The molecule has 2 N–H and O–H groups in total. The first-order chi connectivity index (χ1) is 10.1. The molecule has 0 saturated heterocycles. The number of nitro groups is 1. The quantitative estimate of drug-likeness (QED) is 0.561. The van der Waals surface area contributed by atoms with Crippen LogP contribution in [0.1, 0.15) is 11.4 Å². The number of hydrogen-bond donors (Lipinski definition) is 2. The molecule has 2 aromatic heterocycles. The van der Waals surface area contributed by atoms with Crippen LogP contribution in [0.3, 0.4) is 0 Å². The van der Waals surface area contributed by atoms with E-state index in [1.165, 1.54) is 12.1 Å². The van der Waals surface area contributed by atoms with E-state index in [2.05, 4.69) is 25.3 Å². The third-order valence-electron chi connectivity index (χ3n) is 2.95. The van der Waals surface area contributed by atoms with Crippen molar-refractivity contribution in [3.05, 3.63) is 52.1 Å². The molecule has 0 aliphatic rings. The van der Waals surface area contributed by atoms with Crippen LogP contribution in [0, 0.1) is 17.0 Å². The Hall–Kier alpha value is -3.03. The van der Waals surface area contributed by atoms with Gasteiger partial charge in [-0.05, 0) is 13.0 Å². The van der Waals surface area contributed by atoms with E-state index >= 15 is 0 Å². The fourth-order valence-corrected chi connectivity index (χ4v) is 1.88. The second-order valence-electron chi connectivity index (χ2n) is 4.55. The minimum absolute atomic E-state index is 0.0297. The molecule has 3 rings (SSSR count). The number of nitrogens with one attached hydrogen (secondary N) is 2. The number of rotatable bonds is 4. The minimum atomic E-state index is -0.435. The number of aromatic nitrogens is 4. The average molecular weight is 284 g/mol. The van der Waals surface area contributed by atoms with E-state index in [1.807, 2.05) is 6.92 Å². The van der Waals surface area contributed by atoms with E-state index in [9.17, 15) is 10.1 Å². The van der Waals surface area contributed by atoms with E-state index < -0.39 is 4.92 Å². The smallest absolute Gasteiger partial charge is 0.271 e. The van der Waals surface area contributed by atoms with Crippen LogP contribution in [-0.2, 0) is 6.54 Å². The highest BCUT2D eigenvalue weighted by molar-refractivity contribution is 5.79. The first-order valence-corrected chi connectivity index (χ1v) is 6.27. The summed E-state index contributed by atoms with van der Waals surface area (Å²) < 4.78 is 0. The third kappa shape index (κ3) is 2.78. The molecular formula is C13H12N6O2. The number of aromatic amines is 1. The van der Waals surface area contributed by atoms with Gasteiger partial charge in [0, 0.05) is 18.3 Å². The largest absolute Gasteiger partial charge is 0.350 e. The van der Waals surface area contributed by atoms with Gasteiger partial charge < -0.3 is 10.3 Å². The topological polar surface area (TPSA) is 110 Å². The van der Waals surface area contributed by atoms with Gasteiger partial charge in [-0.3, -0.25) is 20.1 Å². The van der Waals surface area contributed by atoms with Crippen molar-refractivity contribution in [1.29, 1.82) is 0 Å². The monoisotopic (exact) mass is 284 g/mol. The maximum atomic E-state index is 10.7. The van der Waals surface area contributed by atoms with Gasteiger partial charge in [0.15, 0.2) is 0 Å². The molecular weight excluding hydrogens is 272 g/mol. The first-order valence-electron chi connectivity index (χ1n) is 6.27. The fourth-order valence-electron chi connectivity index (χ4n) is 1.88. The summed E-state index contributed by atoms with van der Waals surface area (Å²) in [5.74, 6) is 0.535. The van der Waals surface area contributed by atoms with Crippen LogP contribution in [-0.4, -0.2) is 24.9 Å². The van der Waals surface area contributed by atoms with Gasteiger partial charge in [-0.15, -0.1) is 0 Å². The molecule has 1 aromatic carbocycles. The lowest BCUT2D eigenvalue weighted by Crippen LogP contribution is -2.03. The molecule has 0 spiro atoms. The van der Waals surface area contributed by atoms with Crippen molar-refractivity contribution in [2.24, 2.45) is 0 Å². The Bertz CT molecular complexity index is 796. The van der Waals surface area contributed by atoms with E-state index in [4.69, 9.17) is 0 Å². The predicted octanol–water partition coefficient (Wildman–Crippen LogP) is 2.18. The molecule has 21 heavy (non-hydrogen) atoms. The molecule has 0 aliphatic heterocycles. The van der Waals surface area contributed by atoms with Crippen molar-refractivity contribution in [3.63, 3.8) is 0 Å². The van der Waals surface area contributed by atoms with Crippen molar-refractivity contribution in [3.8, 4) is 0 Å². The number of fused-ring (bicyclic) bond motifs is 1. The Morgan fingerprint density at radius 3 is 2.90 bits per heavy atom. The van der Waals surface area contributed by atoms with Crippen LogP contribution in [0.25, 0.3) is 11.0 Å². The molecule has 106 valence electrons. The number of hydrogen-bond acceptors (Lipinski definition) is 6. The Morgan fingerprint density at radius 1 is 1.33 bits per heavy atom. The summed E-state index contributed by atoms with van der Waals surface area (Å²) >= 11 is 0. The molecule has 0 amide bonds. The van der Waals surface area contributed by atoms with Crippen molar-refractivity contribution in [2.75, 3.05) is 5.32 Å². The number of anilines is 1. The molecule has 0 saturated carbocycles. The highest BCUT2D eigenvalue weighted by atomic mass is 16.6. The number of non-ortho nitro benzene ring substituents is 1. The number of aryl methyl sites for hydroxylation is 1. The molecule has 0 bridgehead atoms. The zero-order valence-corrected chi connectivity index (χ0v) is 11.2. The third-order valence-corrected chi connectivity index (χ3v) is 2.95. The summed E-state index contributed by atoms with van der Waals surface area (Å²) in [4.78, 5) is 26.0. The van der Waals surface area contributed by atoms with Gasteiger partial charge in [0.25, 0.3) is 5.69 Å². The second-order valence-corrected chi connectivity index (χ2v) is 4.55. The normalized spacial score (nSPS) is 10.7. The Labute approximate surface area is 119 Å². The highest BCUT2D eigenvalue weighted by Crippen LogP contribution is 2.20. The zero-order valence-electron chi connectivity index (χ0n) is 11.2. The molecule has 0 fully saturated rings. The van der Waals surface area contributed by atoms with Gasteiger partial charge in [-0.1, -0.05) is 0 Å². The molecule has 0 aliphatic carbocycles. The van der Waals surface area contributed by atoms with Gasteiger partial charge >= 0.3 is 0 Å². The lowest BCUT2D eigenvalue weighted by molar-refractivity contribution is -0.384. The van der Waals surface area contributed by atoms with Gasteiger partial charge in [-0.25, -0.2) is 4.98 Å². The van der Waals surface area contributed by atoms with Crippen molar-refractivity contribution < 1.29 is 4.92 Å². The van der Waals surface area contributed by atoms with E-state index in [0.29, 0.717) is 23.5 Å². The zero-order chi connectivity index (χ0) is 14.8. The SMILES string of the molecule is Cc1cnc(CNc2nc3ccc([N+](=O)[O-])cc3[nH]2)cn1. The van der Waals surface area contributed by atoms with Crippen LogP contribution >= 0.6 is 0 Å². The van der Waals surface area contributed by atoms with Crippen LogP contribution in [0.2, 0.25) is 0 Å². The van der Waals surface area contributed by atoms with Crippen molar-refractivity contribution in [2.45, 2.75) is 13.5 Å². The lowest BCUT2D eigenvalue weighted by Gasteiger charge is -2.01. The van der Waals surface area contributed by atoms with Gasteiger partial charge in [0.05, 0.1) is 40.1 Å². The molecule has 0 radical (unpaired) electrons. The van der Waals surface area contributed by atoms with Crippen LogP contribution in [0.4, 0.5) is 11.6 Å². The Balaban J connectivity index is 1.78. The molecule has 0 atom stereocenters. The summed E-state index contributed by atoms with van der Waals surface area (Å²) in [5, 5.41) is 13.8. The Kier molecular flexibility index (Phi) is 3.19. The number of imidazole rings is 1. The van der Waals surface area contributed by atoms with E-state index in [0.717, 1.165) is 11.4 Å². The standard InChI is InChI=1S/C13H12N6O2/c1-8-5-15-9(6-14-8)7-16-13-17-11-3-2-10(19(20)21)4-12(11)18-13/h2-6H,7H2,1H3,(H2,16,17,18). The number of nitrogens with zero attached hydrogens (tertiary/aromatic N) is 4. The number of nitro benzene ring substituents is 1. The first kappa shape index (κ1) is 13.0. The van der Waals surface area contributed by atoms with E-state index in [1.54, 1.807) is 18.5 Å². The van der Waals surface area contributed by atoms with Gasteiger partial charge in [-0.2, -0.15) is 0 Å². The van der Waals surface area contributed by atoms with Crippen molar-refractivity contribution >= 4 is 22.7 Å². The summed E-state index contributed by atoms with van der Waals surface area (Å²) in [5.41, 5.74) is 2.95. The van der Waals surface area contributed by atoms with Gasteiger partial charge in [0.1, 0.15) is 0 Å².